The van der Waals surface area contributed by atoms with E-state index >= 15 is 0 Å². The molecule has 1 atom stereocenters. The van der Waals surface area contributed by atoms with Gasteiger partial charge in [0.2, 0.25) is 0 Å². The quantitative estimate of drug-likeness (QED) is 0.525. The molecule has 1 aromatic carbocycles. The number of rotatable bonds is 3. The maximum Gasteiger partial charge on any atom is 0.270 e. The number of carbonyl (C=O) groups is 1. The summed E-state index contributed by atoms with van der Waals surface area (Å²) >= 11 is 0. The van der Waals surface area contributed by atoms with Crippen LogP contribution in [-0.2, 0) is 0 Å². The fourth-order valence-corrected chi connectivity index (χ4v) is 2.53. The first-order valence-electron chi connectivity index (χ1n) is 6.81. The molecule has 1 fully saturated rings. The van der Waals surface area contributed by atoms with E-state index in [0.717, 1.165) is 6.42 Å². The van der Waals surface area contributed by atoms with Gasteiger partial charge in [-0.15, -0.1) is 0 Å². The highest BCUT2D eigenvalue weighted by molar-refractivity contribution is 5.97. The van der Waals surface area contributed by atoms with Gasteiger partial charge >= 0.3 is 0 Å². The molecule has 1 aliphatic heterocycles. The molecule has 1 saturated heterocycles. The van der Waals surface area contributed by atoms with Crippen molar-refractivity contribution in [1.29, 1.82) is 0 Å². The third-order valence-electron chi connectivity index (χ3n) is 3.76. The first-order chi connectivity index (χ1) is 10.1. The number of hydrogen-bond acceptors (Lipinski definition) is 5. The highest BCUT2D eigenvalue weighted by atomic mass is 16.6. The van der Waals surface area contributed by atoms with Crippen LogP contribution >= 0.6 is 0 Å². The minimum atomic E-state index is -0.516. The topological polar surface area (TPSA) is 96.0 Å². The number of likely N-dealkylation sites (tertiary alicyclic amines) is 1. The lowest BCUT2D eigenvalue weighted by atomic mass is 9.93. The van der Waals surface area contributed by atoms with Crippen molar-refractivity contribution in [2.75, 3.05) is 13.1 Å². The predicted molar refractivity (Wildman–Crippen MR) is 76.6 cm³/mol. The van der Waals surface area contributed by atoms with Gasteiger partial charge in [-0.3, -0.25) is 14.9 Å². The Morgan fingerprint density at radius 3 is 2.95 bits per heavy atom. The average molecular weight is 291 g/mol. The van der Waals surface area contributed by atoms with Crippen LogP contribution in [0.15, 0.2) is 29.4 Å². The van der Waals surface area contributed by atoms with E-state index in [1.54, 1.807) is 11.0 Å². The van der Waals surface area contributed by atoms with Crippen molar-refractivity contribution < 1.29 is 14.9 Å². The number of benzene rings is 1. The molecule has 0 saturated carbocycles. The van der Waals surface area contributed by atoms with Crippen LogP contribution in [-0.4, -0.2) is 39.7 Å². The number of nitro benzene ring substituents is 1. The van der Waals surface area contributed by atoms with Crippen molar-refractivity contribution >= 4 is 17.3 Å². The molecule has 1 heterocycles. The minimum Gasteiger partial charge on any atom is -0.411 e. The van der Waals surface area contributed by atoms with Crippen molar-refractivity contribution in [3.63, 3.8) is 0 Å². The third kappa shape index (κ3) is 3.18. The average Bonchev–Trinajstić information content (AvgIpc) is 2.53. The molecule has 1 amide bonds. The molecule has 112 valence electrons. The molecule has 0 aromatic heterocycles. The molecule has 21 heavy (non-hydrogen) atoms. The Bertz CT molecular complexity index is 585. The second-order valence-corrected chi connectivity index (χ2v) is 5.01. The highest BCUT2D eigenvalue weighted by Gasteiger charge is 2.28. The lowest BCUT2D eigenvalue weighted by molar-refractivity contribution is -0.384. The van der Waals surface area contributed by atoms with Crippen molar-refractivity contribution in [3.05, 3.63) is 39.9 Å². The van der Waals surface area contributed by atoms with Gasteiger partial charge in [-0.25, -0.2) is 0 Å². The number of hydrogen-bond donors (Lipinski definition) is 1. The molecule has 0 aliphatic carbocycles. The fraction of sp³-hybridized carbons (Fsp3) is 0.429. The Labute approximate surface area is 122 Å². The van der Waals surface area contributed by atoms with Crippen LogP contribution in [0.5, 0.6) is 0 Å². The van der Waals surface area contributed by atoms with E-state index in [-0.39, 0.29) is 17.5 Å². The van der Waals surface area contributed by atoms with Crippen LogP contribution in [0.2, 0.25) is 0 Å². The number of carbonyl (C=O) groups excluding carboxylic acids is 1. The van der Waals surface area contributed by atoms with Gasteiger partial charge in [0.05, 0.1) is 10.6 Å². The third-order valence-corrected chi connectivity index (χ3v) is 3.76. The molecule has 7 heteroatoms. The summed E-state index contributed by atoms with van der Waals surface area (Å²) in [5.41, 5.74) is 0.923. The van der Waals surface area contributed by atoms with Crippen LogP contribution in [0.4, 0.5) is 5.69 Å². The second kappa shape index (κ2) is 6.34. The van der Waals surface area contributed by atoms with Crippen molar-refractivity contribution in [3.8, 4) is 0 Å². The van der Waals surface area contributed by atoms with E-state index in [4.69, 9.17) is 5.21 Å². The monoisotopic (exact) mass is 291 g/mol. The molecule has 1 aromatic rings. The maximum absolute atomic E-state index is 12.4. The molecule has 7 nitrogen and oxygen atoms in total. The van der Waals surface area contributed by atoms with E-state index < -0.39 is 4.92 Å². The lowest BCUT2D eigenvalue weighted by Crippen LogP contribution is -2.44. The number of nitro groups is 1. The standard InChI is InChI=1S/C14H17N3O4/c1-2-10-9-16(7-6-13(10)15-19)14(18)11-4-3-5-12(8-11)17(20)21/h3-5,8,10,19H,2,6-7,9H2,1H3/b15-13+. The highest BCUT2D eigenvalue weighted by Crippen LogP contribution is 2.21. The zero-order valence-corrected chi connectivity index (χ0v) is 11.7. The number of oxime groups is 1. The molecule has 1 N–H and O–H groups in total. The number of nitrogens with zero attached hydrogens (tertiary/aromatic N) is 3. The molecular formula is C14H17N3O4. The van der Waals surface area contributed by atoms with Crippen molar-refractivity contribution in [2.45, 2.75) is 19.8 Å². The summed E-state index contributed by atoms with van der Waals surface area (Å²) in [5, 5.41) is 23.0. The van der Waals surface area contributed by atoms with Gasteiger partial charge in [0.1, 0.15) is 0 Å². The maximum atomic E-state index is 12.4. The van der Waals surface area contributed by atoms with E-state index in [1.165, 1.54) is 18.2 Å². The molecule has 0 radical (unpaired) electrons. The first kappa shape index (κ1) is 15.0. The smallest absolute Gasteiger partial charge is 0.270 e. The van der Waals surface area contributed by atoms with Gasteiger partial charge in [0, 0.05) is 43.1 Å². The van der Waals surface area contributed by atoms with E-state index in [0.29, 0.717) is 30.8 Å². The lowest BCUT2D eigenvalue weighted by Gasteiger charge is -2.32. The van der Waals surface area contributed by atoms with Gasteiger partial charge in [-0.1, -0.05) is 18.1 Å². The summed E-state index contributed by atoms with van der Waals surface area (Å²) in [6.45, 7) is 2.89. The number of non-ortho nitro benzene ring substituents is 1. The van der Waals surface area contributed by atoms with E-state index in [1.807, 2.05) is 6.92 Å². The van der Waals surface area contributed by atoms with Crippen molar-refractivity contribution in [2.24, 2.45) is 11.1 Å². The van der Waals surface area contributed by atoms with E-state index in [2.05, 4.69) is 5.16 Å². The zero-order chi connectivity index (χ0) is 15.4. The van der Waals surface area contributed by atoms with Gasteiger partial charge < -0.3 is 10.1 Å². The van der Waals surface area contributed by atoms with Crippen LogP contribution in [0.1, 0.15) is 30.1 Å². The van der Waals surface area contributed by atoms with Crippen molar-refractivity contribution in [1.82, 2.24) is 4.90 Å². The Kier molecular flexibility index (Phi) is 4.52. The van der Waals surface area contributed by atoms with Crippen LogP contribution in [0.3, 0.4) is 0 Å². The molecular weight excluding hydrogens is 274 g/mol. The number of piperidine rings is 1. The SMILES string of the molecule is CCC1CN(C(=O)c2cccc([N+](=O)[O-])c2)CC/C1=N\O. The first-order valence-corrected chi connectivity index (χ1v) is 6.81. The summed E-state index contributed by atoms with van der Waals surface area (Å²) in [5.74, 6) is -0.194. The summed E-state index contributed by atoms with van der Waals surface area (Å²) in [6, 6.07) is 5.73. The molecule has 1 aliphatic rings. The normalized spacial score (nSPS) is 20.5. The summed E-state index contributed by atoms with van der Waals surface area (Å²) < 4.78 is 0. The van der Waals surface area contributed by atoms with Crippen LogP contribution in [0.25, 0.3) is 0 Å². The largest absolute Gasteiger partial charge is 0.411 e. The Morgan fingerprint density at radius 2 is 2.33 bits per heavy atom. The Balaban J connectivity index is 2.17. The molecule has 0 spiro atoms. The van der Waals surface area contributed by atoms with Crippen LogP contribution in [0, 0.1) is 16.0 Å². The van der Waals surface area contributed by atoms with Gasteiger partial charge in [0.15, 0.2) is 0 Å². The fourth-order valence-electron chi connectivity index (χ4n) is 2.53. The molecule has 1 unspecified atom stereocenters. The minimum absolute atomic E-state index is 0.0337. The predicted octanol–water partition coefficient (Wildman–Crippen LogP) is 2.30. The molecule has 2 rings (SSSR count). The molecule has 0 bridgehead atoms. The summed E-state index contributed by atoms with van der Waals surface area (Å²) in [4.78, 5) is 24.3. The second-order valence-electron chi connectivity index (χ2n) is 5.01. The Hall–Kier alpha value is -2.44. The number of amides is 1. The van der Waals surface area contributed by atoms with Crippen LogP contribution < -0.4 is 0 Å². The van der Waals surface area contributed by atoms with Gasteiger partial charge in [-0.05, 0) is 12.5 Å². The van der Waals surface area contributed by atoms with Gasteiger partial charge in [-0.2, -0.15) is 0 Å². The van der Waals surface area contributed by atoms with Gasteiger partial charge in [0.25, 0.3) is 11.6 Å². The van der Waals surface area contributed by atoms with E-state index in [9.17, 15) is 14.9 Å². The summed E-state index contributed by atoms with van der Waals surface area (Å²) in [7, 11) is 0. The summed E-state index contributed by atoms with van der Waals surface area (Å²) in [6.07, 6.45) is 1.30. The zero-order valence-electron chi connectivity index (χ0n) is 11.7. The Morgan fingerprint density at radius 1 is 1.57 bits per heavy atom.